The van der Waals surface area contributed by atoms with Crippen LogP contribution in [0.3, 0.4) is 0 Å². The molecule has 1 saturated heterocycles. The van der Waals surface area contributed by atoms with Gasteiger partial charge < -0.3 is 18.9 Å². The van der Waals surface area contributed by atoms with Crippen molar-refractivity contribution in [3.05, 3.63) is 41.5 Å². The summed E-state index contributed by atoms with van der Waals surface area (Å²) in [5.41, 5.74) is 2.69. The SMILES string of the molecule is COCCOCc1cnc(C)nc1C1CCN(C(=O)c2cncn2C)CC1. The van der Waals surface area contributed by atoms with Crippen molar-refractivity contribution in [2.24, 2.45) is 7.05 Å². The molecule has 1 aliphatic heterocycles. The lowest BCUT2D eigenvalue weighted by Crippen LogP contribution is -2.39. The predicted molar refractivity (Wildman–Crippen MR) is 99.4 cm³/mol. The third kappa shape index (κ3) is 4.70. The molecule has 1 amide bonds. The summed E-state index contributed by atoms with van der Waals surface area (Å²) in [5, 5.41) is 0. The Bertz CT molecular complexity index is 768. The van der Waals surface area contributed by atoms with E-state index in [9.17, 15) is 4.79 Å². The third-order valence-corrected chi connectivity index (χ3v) is 4.91. The van der Waals surface area contributed by atoms with Crippen molar-refractivity contribution in [2.75, 3.05) is 33.4 Å². The molecule has 0 saturated carbocycles. The smallest absolute Gasteiger partial charge is 0.272 e. The van der Waals surface area contributed by atoms with Gasteiger partial charge in [0.1, 0.15) is 11.5 Å². The molecule has 0 aromatic carbocycles. The normalized spacial score (nSPS) is 15.3. The first-order chi connectivity index (χ1) is 13.1. The Labute approximate surface area is 159 Å². The van der Waals surface area contributed by atoms with Crippen molar-refractivity contribution in [3.8, 4) is 0 Å². The summed E-state index contributed by atoms with van der Waals surface area (Å²) in [6.45, 7) is 4.91. The number of hydrogen-bond donors (Lipinski definition) is 0. The van der Waals surface area contributed by atoms with Crippen molar-refractivity contribution in [1.29, 1.82) is 0 Å². The minimum absolute atomic E-state index is 0.0374. The van der Waals surface area contributed by atoms with Gasteiger partial charge in [0.05, 0.1) is 38.0 Å². The third-order valence-electron chi connectivity index (χ3n) is 4.91. The molecular weight excluding hydrogens is 346 g/mol. The van der Waals surface area contributed by atoms with Crippen LogP contribution in [0, 0.1) is 6.92 Å². The fraction of sp³-hybridized carbons (Fsp3) is 0.579. The van der Waals surface area contributed by atoms with Crippen molar-refractivity contribution in [2.45, 2.75) is 32.3 Å². The first-order valence-electron chi connectivity index (χ1n) is 9.24. The molecule has 27 heavy (non-hydrogen) atoms. The summed E-state index contributed by atoms with van der Waals surface area (Å²) in [4.78, 5) is 27.6. The van der Waals surface area contributed by atoms with E-state index in [-0.39, 0.29) is 5.91 Å². The maximum atomic E-state index is 12.7. The van der Waals surface area contributed by atoms with E-state index >= 15 is 0 Å². The fourth-order valence-electron chi connectivity index (χ4n) is 3.38. The van der Waals surface area contributed by atoms with Crippen molar-refractivity contribution < 1.29 is 14.3 Å². The molecule has 3 rings (SSSR count). The largest absolute Gasteiger partial charge is 0.382 e. The first kappa shape index (κ1) is 19.4. The molecule has 0 aliphatic carbocycles. The number of nitrogens with zero attached hydrogens (tertiary/aromatic N) is 5. The van der Waals surface area contributed by atoms with E-state index in [0.717, 1.165) is 29.9 Å². The molecule has 0 N–H and O–H groups in total. The Balaban J connectivity index is 1.64. The van der Waals surface area contributed by atoms with Gasteiger partial charge in [-0.05, 0) is 19.8 Å². The number of aryl methyl sites for hydroxylation is 2. The molecule has 0 unspecified atom stereocenters. The fourth-order valence-corrected chi connectivity index (χ4v) is 3.38. The topological polar surface area (TPSA) is 82.4 Å². The Kier molecular flexibility index (Phi) is 6.52. The number of aromatic nitrogens is 4. The summed E-state index contributed by atoms with van der Waals surface area (Å²) in [6.07, 6.45) is 6.89. The Morgan fingerprint density at radius 3 is 2.70 bits per heavy atom. The zero-order valence-electron chi connectivity index (χ0n) is 16.2. The number of hydrogen-bond acceptors (Lipinski definition) is 6. The van der Waals surface area contributed by atoms with Crippen LogP contribution in [0.2, 0.25) is 0 Å². The van der Waals surface area contributed by atoms with E-state index in [2.05, 4.69) is 15.0 Å². The monoisotopic (exact) mass is 373 g/mol. The maximum Gasteiger partial charge on any atom is 0.272 e. The number of amides is 1. The second-order valence-electron chi connectivity index (χ2n) is 6.83. The van der Waals surface area contributed by atoms with E-state index in [1.165, 1.54) is 0 Å². The Morgan fingerprint density at radius 2 is 2.04 bits per heavy atom. The number of piperidine rings is 1. The lowest BCUT2D eigenvalue weighted by atomic mass is 9.90. The summed E-state index contributed by atoms with van der Waals surface area (Å²) in [5.74, 6) is 1.11. The number of carbonyl (C=O) groups excluding carboxylic acids is 1. The molecule has 2 aromatic rings. The quantitative estimate of drug-likeness (QED) is 0.687. The van der Waals surface area contributed by atoms with Gasteiger partial charge in [0.15, 0.2) is 0 Å². The number of methoxy groups -OCH3 is 1. The van der Waals surface area contributed by atoms with E-state index in [0.29, 0.717) is 44.5 Å². The van der Waals surface area contributed by atoms with Crippen molar-refractivity contribution >= 4 is 5.91 Å². The van der Waals surface area contributed by atoms with Crippen LogP contribution in [0.25, 0.3) is 0 Å². The number of carbonyl (C=O) groups is 1. The highest BCUT2D eigenvalue weighted by molar-refractivity contribution is 5.92. The van der Waals surface area contributed by atoms with Crippen LogP contribution in [0.4, 0.5) is 0 Å². The standard InChI is InChI=1S/C19H27N5O3/c1-14-21-10-16(12-27-9-8-26-3)18(22-14)15-4-6-24(7-5-15)19(25)17-11-20-13-23(17)2/h10-11,13,15H,4-9,12H2,1-3H3. The van der Waals surface area contributed by atoms with Gasteiger partial charge in [-0.1, -0.05) is 0 Å². The van der Waals surface area contributed by atoms with E-state index in [1.807, 2.05) is 25.1 Å². The number of likely N-dealkylation sites (tertiary alicyclic amines) is 1. The molecule has 8 heteroatoms. The molecule has 0 spiro atoms. The summed E-state index contributed by atoms with van der Waals surface area (Å²) in [7, 11) is 3.50. The number of rotatable bonds is 7. The van der Waals surface area contributed by atoms with Gasteiger partial charge in [0, 0.05) is 44.9 Å². The zero-order valence-corrected chi connectivity index (χ0v) is 16.2. The molecule has 0 radical (unpaired) electrons. The maximum absolute atomic E-state index is 12.7. The van der Waals surface area contributed by atoms with Gasteiger partial charge in [-0.25, -0.2) is 15.0 Å². The minimum atomic E-state index is 0.0374. The van der Waals surface area contributed by atoms with Crippen LogP contribution >= 0.6 is 0 Å². The van der Waals surface area contributed by atoms with Gasteiger partial charge in [-0.15, -0.1) is 0 Å². The molecule has 1 aliphatic rings. The lowest BCUT2D eigenvalue weighted by Gasteiger charge is -2.32. The van der Waals surface area contributed by atoms with Crippen LogP contribution < -0.4 is 0 Å². The predicted octanol–water partition coefficient (Wildman–Crippen LogP) is 1.70. The molecule has 1 fully saturated rings. The highest BCUT2D eigenvalue weighted by atomic mass is 16.5. The second kappa shape index (κ2) is 9.05. The van der Waals surface area contributed by atoms with E-state index < -0.39 is 0 Å². The Morgan fingerprint density at radius 1 is 1.26 bits per heavy atom. The van der Waals surface area contributed by atoms with Crippen LogP contribution in [-0.4, -0.2) is 63.7 Å². The van der Waals surface area contributed by atoms with Gasteiger partial charge in [-0.2, -0.15) is 0 Å². The van der Waals surface area contributed by atoms with Gasteiger partial charge >= 0.3 is 0 Å². The summed E-state index contributed by atoms with van der Waals surface area (Å²) in [6, 6.07) is 0. The van der Waals surface area contributed by atoms with E-state index in [1.54, 1.807) is 24.2 Å². The van der Waals surface area contributed by atoms with Gasteiger partial charge in [-0.3, -0.25) is 4.79 Å². The highest BCUT2D eigenvalue weighted by Crippen LogP contribution is 2.30. The minimum Gasteiger partial charge on any atom is -0.382 e. The molecule has 0 bridgehead atoms. The van der Waals surface area contributed by atoms with Gasteiger partial charge in [0.25, 0.3) is 5.91 Å². The van der Waals surface area contributed by atoms with Crippen LogP contribution in [0.15, 0.2) is 18.7 Å². The average Bonchev–Trinajstić information content (AvgIpc) is 3.11. The number of imidazole rings is 1. The molecule has 3 heterocycles. The first-order valence-corrected chi connectivity index (χ1v) is 9.24. The van der Waals surface area contributed by atoms with Gasteiger partial charge in [0.2, 0.25) is 0 Å². The van der Waals surface area contributed by atoms with Crippen LogP contribution in [0.1, 0.15) is 46.3 Å². The van der Waals surface area contributed by atoms with Crippen LogP contribution in [-0.2, 0) is 23.1 Å². The molecule has 8 nitrogen and oxygen atoms in total. The molecule has 0 atom stereocenters. The molecule has 146 valence electrons. The molecular formula is C19H27N5O3. The van der Waals surface area contributed by atoms with Crippen molar-refractivity contribution in [3.63, 3.8) is 0 Å². The Hall–Kier alpha value is -2.32. The second-order valence-corrected chi connectivity index (χ2v) is 6.83. The lowest BCUT2D eigenvalue weighted by molar-refractivity contribution is 0.0604. The zero-order chi connectivity index (χ0) is 19.2. The summed E-state index contributed by atoms with van der Waals surface area (Å²) >= 11 is 0. The summed E-state index contributed by atoms with van der Waals surface area (Å²) < 4.78 is 12.5. The van der Waals surface area contributed by atoms with Crippen LogP contribution in [0.5, 0.6) is 0 Å². The molecule has 2 aromatic heterocycles. The highest BCUT2D eigenvalue weighted by Gasteiger charge is 2.28. The van der Waals surface area contributed by atoms with Crippen molar-refractivity contribution in [1.82, 2.24) is 24.4 Å². The average molecular weight is 373 g/mol. The van der Waals surface area contributed by atoms with E-state index in [4.69, 9.17) is 9.47 Å². The number of ether oxygens (including phenoxy) is 2.